The van der Waals surface area contributed by atoms with Crippen molar-refractivity contribution in [1.29, 1.82) is 0 Å². The van der Waals surface area contributed by atoms with Crippen LogP contribution < -0.4 is 9.46 Å². The van der Waals surface area contributed by atoms with Crippen molar-refractivity contribution in [2.75, 3.05) is 6.61 Å². The van der Waals surface area contributed by atoms with E-state index in [1.807, 2.05) is 0 Å². The van der Waals surface area contributed by atoms with Gasteiger partial charge in [-0.3, -0.25) is 0 Å². The van der Waals surface area contributed by atoms with Crippen molar-refractivity contribution >= 4 is 10.0 Å². The fraction of sp³-hybridized carbons (Fsp3) is 0.429. The van der Waals surface area contributed by atoms with E-state index in [9.17, 15) is 12.8 Å². The summed E-state index contributed by atoms with van der Waals surface area (Å²) in [5, 5.41) is 0. The molecule has 1 rings (SSSR count). The number of sulfonamides is 1. The fourth-order valence-corrected chi connectivity index (χ4v) is 2.90. The van der Waals surface area contributed by atoms with E-state index in [0.29, 0.717) is 6.42 Å². The lowest BCUT2D eigenvalue weighted by Crippen LogP contribution is -2.44. The molecule has 0 saturated heterocycles. The standard InChI is InChI=1S/C14H18FNO3S/c1-5-14(4,6-2)16-20(17,18)11-8-9-12(15)13(10-11)19-7-3/h1,8-10,16H,6-7H2,2-4H3/t14-/m1/s1. The molecule has 0 heterocycles. The van der Waals surface area contributed by atoms with Gasteiger partial charge in [0.05, 0.1) is 17.0 Å². The van der Waals surface area contributed by atoms with Crippen molar-refractivity contribution in [2.24, 2.45) is 0 Å². The molecule has 4 nitrogen and oxygen atoms in total. The zero-order chi connectivity index (χ0) is 15.4. The number of ether oxygens (including phenoxy) is 1. The van der Waals surface area contributed by atoms with Gasteiger partial charge < -0.3 is 4.74 Å². The summed E-state index contributed by atoms with van der Waals surface area (Å²) in [5.74, 6) is 1.70. The van der Waals surface area contributed by atoms with E-state index in [0.717, 1.165) is 12.1 Å². The molecule has 0 saturated carbocycles. The Kier molecular flexibility index (Phi) is 5.15. The van der Waals surface area contributed by atoms with Crippen molar-refractivity contribution in [3.05, 3.63) is 24.0 Å². The summed E-state index contributed by atoms with van der Waals surface area (Å²) >= 11 is 0. The fourth-order valence-electron chi connectivity index (χ4n) is 1.48. The first kappa shape index (κ1) is 16.5. The smallest absolute Gasteiger partial charge is 0.242 e. The van der Waals surface area contributed by atoms with Crippen LogP contribution >= 0.6 is 0 Å². The van der Waals surface area contributed by atoms with E-state index in [1.165, 1.54) is 6.07 Å². The number of nitrogens with one attached hydrogen (secondary N) is 1. The van der Waals surface area contributed by atoms with Gasteiger partial charge in [0.25, 0.3) is 0 Å². The van der Waals surface area contributed by atoms with Gasteiger partial charge >= 0.3 is 0 Å². The van der Waals surface area contributed by atoms with Crippen LogP contribution in [0, 0.1) is 18.2 Å². The second-order valence-corrected chi connectivity index (χ2v) is 6.14. The number of halogens is 1. The lowest BCUT2D eigenvalue weighted by molar-refractivity contribution is 0.320. The van der Waals surface area contributed by atoms with E-state index in [-0.39, 0.29) is 17.3 Å². The monoisotopic (exact) mass is 299 g/mol. The Morgan fingerprint density at radius 3 is 2.60 bits per heavy atom. The highest BCUT2D eigenvalue weighted by molar-refractivity contribution is 7.89. The molecule has 0 aliphatic heterocycles. The molecule has 1 N–H and O–H groups in total. The van der Waals surface area contributed by atoms with E-state index in [1.54, 1.807) is 20.8 Å². The third-order valence-corrected chi connectivity index (χ3v) is 4.49. The summed E-state index contributed by atoms with van der Waals surface area (Å²) in [6, 6.07) is 3.37. The van der Waals surface area contributed by atoms with Crippen LogP contribution in [0.5, 0.6) is 5.75 Å². The first-order valence-corrected chi connectivity index (χ1v) is 7.70. The highest BCUT2D eigenvalue weighted by atomic mass is 32.2. The van der Waals surface area contributed by atoms with E-state index >= 15 is 0 Å². The van der Waals surface area contributed by atoms with Crippen molar-refractivity contribution < 1.29 is 17.5 Å². The molecule has 110 valence electrons. The van der Waals surface area contributed by atoms with Gasteiger partial charge in [-0.2, -0.15) is 4.72 Å². The Hall–Kier alpha value is -1.58. The summed E-state index contributed by atoms with van der Waals surface area (Å²) in [6.07, 6.45) is 5.78. The molecular formula is C14H18FNO3S. The van der Waals surface area contributed by atoms with E-state index < -0.39 is 21.4 Å². The van der Waals surface area contributed by atoms with Crippen molar-refractivity contribution in [1.82, 2.24) is 4.72 Å². The average Bonchev–Trinajstić information content (AvgIpc) is 2.40. The molecule has 0 aliphatic rings. The quantitative estimate of drug-likeness (QED) is 0.820. The molecule has 0 amide bonds. The minimum absolute atomic E-state index is 0.0859. The molecule has 0 radical (unpaired) electrons. The van der Waals surface area contributed by atoms with Gasteiger partial charge in [-0.1, -0.05) is 12.8 Å². The molecule has 20 heavy (non-hydrogen) atoms. The second kappa shape index (κ2) is 6.25. The van der Waals surface area contributed by atoms with Crippen LogP contribution in [-0.4, -0.2) is 20.6 Å². The van der Waals surface area contributed by atoms with Gasteiger partial charge in [0.1, 0.15) is 0 Å². The van der Waals surface area contributed by atoms with Crippen LogP contribution in [0.2, 0.25) is 0 Å². The number of hydrogen-bond acceptors (Lipinski definition) is 3. The van der Waals surface area contributed by atoms with Crippen LogP contribution in [0.25, 0.3) is 0 Å². The number of rotatable bonds is 6. The molecule has 1 aromatic carbocycles. The van der Waals surface area contributed by atoms with Crippen molar-refractivity contribution in [3.8, 4) is 18.1 Å². The third-order valence-electron chi connectivity index (χ3n) is 2.90. The first-order chi connectivity index (χ1) is 9.28. The molecule has 1 aromatic rings. The normalized spacial score (nSPS) is 14.3. The minimum atomic E-state index is -3.84. The van der Waals surface area contributed by atoms with Crippen LogP contribution in [0.3, 0.4) is 0 Å². The van der Waals surface area contributed by atoms with Crippen LogP contribution in [0.15, 0.2) is 23.1 Å². The Labute approximate surface area is 119 Å². The molecule has 0 spiro atoms. The zero-order valence-corrected chi connectivity index (χ0v) is 12.6. The molecule has 0 unspecified atom stereocenters. The molecule has 6 heteroatoms. The van der Waals surface area contributed by atoms with Gasteiger partial charge in [-0.15, -0.1) is 6.42 Å². The molecule has 0 aliphatic carbocycles. The maximum absolute atomic E-state index is 13.4. The molecular weight excluding hydrogens is 281 g/mol. The van der Waals surface area contributed by atoms with E-state index in [4.69, 9.17) is 11.2 Å². The van der Waals surface area contributed by atoms with Gasteiger partial charge in [0.2, 0.25) is 10.0 Å². The van der Waals surface area contributed by atoms with Gasteiger partial charge in [0.15, 0.2) is 11.6 Å². The molecule has 1 atom stereocenters. The highest BCUT2D eigenvalue weighted by Crippen LogP contribution is 2.23. The third kappa shape index (κ3) is 3.71. The van der Waals surface area contributed by atoms with Crippen LogP contribution in [0.1, 0.15) is 27.2 Å². The lowest BCUT2D eigenvalue weighted by Gasteiger charge is -2.23. The lowest BCUT2D eigenvalue weighted by atomic mass is 10.0. The topological polar surface area (TPSA) is 55.4 Å². The number of terminal acetylenes is 1. The maximum Gasteiger partial charge on any atom is 0.242 e. The maximum atomic E-state index is 13.4. The summed E-state index contributed by atoms with van der Waals surface area (Å²) in [7, 11) is -3.84. The van der Waals surface area contributed by atoms with Gasteiger partial charge in [0, 0.05) is 6.07 Å². The van der Waals surface area contributed by atoms with Crippen molar-refractivity contribution in [2.45, 2.75) is 37.6 Å². The minimum Gasteiger partial charge on any atom is -0.491 e. The first-order valence-electron chi connectivity index (χ1n) is 6.22. The summed E-state index contributed by atoms with van der Waals surface area (Å²) in [4.78, 5) is -0.0859. The van der Waals surface area contributed by atoms with Gasteiger partial charge in [-0.05, 0) is 32.4 Å². The Bertz CT molecular complexity index is 622. The van der Waals surface area contributed by atoms with Crippen LogP contribution in [-0.2, 0) is 10.0 Å². The Morgan fingerprint density at radius 2 is 2.10 bits per heavy atom. The largest absolute Gasteiger partial charge is 0.491 e. The van der Waals surface area contributed by atoms with Crippen molar-refractivity contribution in [3.63, 3.8) is 0 Å². The molecule has 0 aromatic heterocycles. The average molecular weight is 299 g/mol. The Balaban J connectivity index is 3.17. The van der Waals surface area contributed by atoms with E-state index in [2.05, 4.69) is 10.6 Å². The zero-order valence-electron chi connectivity index (χ0n) is 11.7. The summed E-state index contributed by atoms with van der Waals surface area (Å²) in [5.41, 5.74) is -0.987. The Morgan fingerprint density at radius 1 is 1.45 bits per heavy atom. The second-order valence-electron chi connectivity index (χ2n) is 4.46. The predicted molar refractivity (Wildman–Crippen MR) is 75.4 cm³/mol. The SMILES string of the molecule is C#C[C@](C)(CC)NS(=O)(=O)c1ccc(F)c(OCC)c1. The molecule has 0 bridgehead atoms. The van der Waals surface area contributed by atoms with Crippen LogP contribution in [0.4, 0.5) is 4.39 Å². The van der Waals surface area contributed by atoms with Gasteiger partial charge in [-0.25, -0.2) is 12.8 Å². The number of benzene rings is 1. The predicted octanol–water partition coefficient (Wildman–Crippen LogP) is 2.30. The number of hydrogen-bond donors (Lipinski definition) is 1. The molecule has 0 fully saturated rings. The highest BCUT2D eigenvalue weighted by Gasteiger charge is 2.27. The summed E-state index contributed by atoms with van der Waals surface area (Å²) < 4.78 is 45.4. The summed E-state index contributed by atoms with van der Waals surface area (Å²) in [6.45, 7) is 5.31.